The van der Waals surface area contributed by atoms with Gasteiger partial charge in [-0.25, -0.2) is 4.39 Å². The third kappa shape index (κ3) is 3.71. The first-order valence-electron chi connectivity index (χ1n) is 6.81. The second-order valence-corrected chi connectivity index (χ2v) is 4.99. The molecule has 2 rings (SSSR count). The van der Waals surface area contributed by atoms with E-state index in [1.54, 1.807) is 0 Å². The molecule has 1 aliphatic rings. The highest BCUT2D eigenvalue weighted by molar-refractivity contribution is 5.30. The lowest BCUT2D eigenvalue weighted by molar-refractivity contribution is -0.140. The van der Waals surface area contributed by atoms with Crippen molar-refractivity contribution in [2.75, 3.05) is 32.9 Å². The van der Waals surface area contributed by atoms with E-state index in [0.29, 0.717) is 32.2 Å². The molecule has 0 aromatic heterocycles. The minimum Gasteiger partial charge on any atom is -0.314 e. The van der Waals surface area contributed by atoms with Gasteiger partial charge in [0.1, 0.15) is 5.82 Å². The molecule has 1 aromatic rings. The molecule has 1 N–H and O–H groups in total. The summed E-state index contributed by atoms with van der Waals surface area (Å²) in [6, 6.07) is 2.53. The predicted octanol–water partition coefficient (Wildman–Crippen LogP) is 3.15. The molecular formula is C14H17F5N2. The molecule has 1 aromatic carbocycles. The molecule has 0 radical (unpaired) electrons. The fourth-order valence-corrected chi connectivity index (χ4v) is 2.66. The quantitative estimate of drug-likeness (QED) is 0.860. The van der Waals surface area contributed by atoms with Crippen LogP contribution in [0.2, 0.25) is 0 Å². The largest absolute Gasteiger partial charge is 0.419 e. The van der Waals surface area contributed by atoms with Crippen molar-refractivity contribution in [2.24, 2.45) is 0 Å². The summed E-state index contributed by atoms with van der Waals surface area (Å²) >= 11 is 0. The van der Waals surface area contributed by atoms with Gasteiger partial charge in [0.05, 0.1) is 12.2 Å². The van der Waals surface area contributed by atoms with Crippen molar-refractivity contribution in [2.45, 2.75) is 18.6 Å². The highest BCUT2D eigenvalue weighted by Gasteiger charge is 2.36. The Morgan fingerprint density at radius 1 is 1.19 bits per heavy atom. The van der Waals surface area contributed by atoms with Gasteiger partial charge in [0.2, 0.25) is 0 Å². The van der Waals surface area contributed by atoms with E-state index in [9.17, 15) is 22.0 Å². The molecule has 1 fully saturated rings. The molecule has 7 heteroatoms. The number of piperazine rings is 1. The lowest BCUT2D eigenvalue weighted by Gasteiger charge is -2.35. The van der Waals surface area contributed by atoms with Crippen LogP contribution in [-0.4, -0.2) is 37.8 Å². The number of nitrogens with one attached hydrogen (secondary N) is 1. The van der Waals surface area contributed by atoms with Gasteiger partial charge in [0.15, 0.2) is 0 Å². The van der Waals surface area contributed by atoms with Crippen LogP contribution < -0.4 is 5.32 Å². The van der Waals surface area contributed by atoms with E-state index in [0.717, 1.165) is 0 Å². The molecule has 0 spiro atoms. The number of halogens is 5. The zero-order chi connectivity index (χ0) is 15.5. The second-order valence-electron chi connectivity index (χ2n) is 4.99. The first kappa shape index (κ1) is 16.2. The maximum atomic E-state index is 14.2. The molecule has 2 nitrogen and oxygen atoms in total. The van der Waals surface area contributed by atoms with Gasteiger partial charge < -0.3 is 5.32 Å². The van der Waals surface area contributed by atoms with E-state index in [1.807, 2.05) is 4.90 Å². The maximum absolute atomic E-state index is 14.2. The van der Waals surface area contributed by atoms with Crippen LogP contribution in [0, 0.1) is 5.82 Å². The van der Waals surface area contributed by atoms with Gasteiger partial charge in [-0.2, -0.15) is 13.2 Å². The van der Waals surface area contributed by atoms with Crippen LogP contribution in [0.15, 0.2) is 18.2 Å². The predicted molar refractivity (Wildman–Crippen MR) is 69.2 cm³/mol. The van der Waals surface area contributed by atoms with Crippen LogP contribution in [0.1, 0.15) is 23.6 Å². The second kappa shape index (κ2) is 6.70. The lowest BCUT2D eigenvalue weighted by Crippen LogP contribution is -2.45. The SMILES string of the molecule is FCC[C@H](c1cccc(C(F)(F)F)c1F)N1CCNCC1. The van der Waals surface area contributed by atoms with Crippen molar-refractivity contribution in [3.8, 4) is 0 Å². The molecule has 0 aliphatic carbocycles. The number of hydrogen-bond donors (Lipinski definition) is 1. The van der Waals surface area contributed by atoms with Gasteiger partial charge >= 0.3 is 6.18 Å². The highest BCUT2D eigenvalue weighted by atomic mass is 19.4. The summed E-state index contributed by atoms with van der Waals surface area (Å²) < 4.78 is 65.3. The van der Waals surface area contributed by atoms with Gasteiger partial charge in [-0.3, -0.25) is 9.29 Å². The average Bonchev–Trinajstić information content (AvgIpc) is 2.45. The van der Waals surface area contributed by atoms with Crippen LogP contribution in [0.5, 0.6) is 0 Å². The summed E-state index contributed by atoms with van der Waals surface area (Å²) in [6.07, 6.45) is -4.76. The molecule has 0 unspecified atom stereocenters. The molecule has 1 heterocycles. The van der Waals surface area contributed by atoms with Gasteiger partial charge in [-0.05, 0) is 12.5 Å². The highest BCUT2D eigenvalue weighted by Crippen LogP contribution is 2.36. The van der Waals surface area contributed by atoms with Crippen LogP contribution in [-0.2, 0) is 6.18 Å². The fourth-order valence-electron chi connectivity index (χ4n) is 2.66. The average molecular weight is 308 g/mol. The number of alkyl halides is 4. The standard InChI is InChI=1S/C14H17F5N2/c15-5-4-12(21-8-6-20-7-9-21)10-2-1-3-11(13(10)16)14(17,18)19/h1-3,12,20H,4-9H2/t12-/m1/s1. The van der Waals surface area contributed by atoms with Crippen LogP contribution in [0.4, 0.5) is 22.0 Å². The monoisotopic (exact) mass is 308 g/mol. The molecule has 1 atom stereocenters. The van der Waals surface area contributed by atoms with Crippen LogP contribution in [0.3, 0.4) is 0 Å². The van der Waals surface area contributed by atoms with E-state index in [2.05, 4.69) is 5.32 Å². The van der Waals surface area contributed by atoms with E-state index < -0.39 is 30.3 Å². The zero-order valence-corrected chi connectivity index (χ0v) is 11.4. The number of benzene rings is 1. The van der Waals surface area contributed by atoms with Crippen molar-refractivity contribution in [3.63, 3.8) is 0 Å². The van der Waals surface area contributed by atoms with E-state index >= 15 is 0 Å². The first-order valence-corrected chi connectivity index (χ1v) is 6.81. The van der Waals surface area contributed by atoms with E-state index in [-0.39, 0.29) is 12.0 Å². The van der Waals surface area contributed by atoms with Crippen LogP contribution >= 0.6 is 0 Å². The molecule has 0 bridgehead atoms. The van der Waals surface area contributed by atoms with Crippen LogP contribution in [0.25, 0.3) is 0 Å². The smallest absolute Gasteiger partial charge is 0.314 e. The number of rotatable bonds is 4. The normalized spacial score (nSPS) is 18.7. The first-order chi connectivity index (χ1) is 9.95. The Morgan fingerprint density at radius 2 is 1.86 bits per heavy atom. The number of nitrogens with zero attached hydrogens (tertiary/aromatic N) is 1. The maximum Gasteiger partial charge on any atom is 0.419 e. The zero-order valence-electron chi connectivity index (χ0n) is 11.4. The minimum atomic E-state index is -4.75. The Labute approximate surface area is 119 Å². The van der Waals surface area contributed by atoms with Gasteiger partial charge in [0, 0.05) is 37.8 Å². The third-order valence-electron chi connectivity index (χ3n) is 3.67. The Morgan fingerprint density at radius 3 is 2.43 bits per heavy atom. The Bertz CT molecular complexity index is 469. The van der Waals surface area contributed by atoms with Gasteiger partial charge in [0.25, 0.3) is 0 Å². The number of hydrogen-bond acceptors (Lipinski definition) is 2. The molecule has 118 valence electrons. The Kier molecular flexibility index (Phi) is 5.16. The van der Waals surface area contributed by atoms with Crippen molar-refractivity contribution >= 4 is 0 Å². The topological polar surface area (TPSA) is 15.3 Å². The molecule has 1 saturated heterocycles. The summed E-state index contributed by atoms with van der Waals surface area (Å²) in [5.41, 5.74) is -1.37. The lowest BCUT2D eigenvalue weighted by atomic mass is 9.98. The molecular weight excluding hydrogens is 291 g/mol. The molecule has 0 saturated carbocycles. The van der Waals surface area contributed by atoms with E-state index in [1.165, 1.54) is 12.1 Å². The summed E-state index contributed by atoms with van der Waals surface area (Å²) in [5.74, 6) is -1.29. The van der Waals surface area contributed by atoms with Crippen molar-refractivity contribution in [1.82, 2.24) is 10.2 Å². The van der Waals surface area contributed by atoms with Crippen molar-refractivity contribution in [3.05, 3.63) is 35.1 Å². The summed E-state index contributed by atoms with van der Waals surface area (Å²) in [4.78, 5) is 1.83. The van der Waals surface area contributed by atoms with Crippen molar-refractivity contribution < 1.29 is 22.0 Å². The molecule has 1 aliphatic heterocycles. The summed E-state index contributed by atoms with van der Waals surface area (Å²) in [6.45, 7) is 1.72. The summed E-state index contributed by atoms with van der Waals surface area (Å²) in [7, 11) is 0. The minimum absolute atomic E-state index is 0.0156. The van der Waals surface area contributed by atoms with Gasteiger partial charge in [-0.1, -0.05) is 12.1 Å². The summed E-state index contributed by atoms with van der Waals surface area (Å²) in [5, 5.41) is 3.10. The third-order valence-corrected chi connectivity index (χ3v) is 3.67. The molecule has 21 heavy (non-hydrogen) atoms. The van der Waals surface area contributed by atoms with Gasteiger partial charge in [-0.15, -0.1) is 0 Å². The Hall–Kier alpha value is -1.21. The van der Waals surface area contributed by atoms with E-state index in [4.69, 9.17) is 0 Å². The van der Waals surface area contributed by atoms with Crippen molar-refractivity contribution in [1.29, 1.82) is 0 Å². The fraction of sp³-hybridized carbons (Fsp3) is 0.571. The Balaban J connectivity index is 2.36. The molecule has 0 amide bonds.